The second-order valence-corrected chi connectivity index (χ2v) is 6.40. The summed E-state index contributed by atoms with van der Waals surface area (Å²) in [5.41, 5.74) is 8.02. The Morgan fingerprint density at radius 3 is 2.42 bits per heavy atom. The molecule has 0 fully saturated rings. The number of Topliss-reactive ketones (excluding diaryl/α,β-unsaturated/α-hetero) is 1. The molecule has 1 heterocycles. The first-order valence-corrected chi connectivity index (χ1v) is 8.04. The molecule has 0 aliphatic rings. The zero-order valence-electron chi connectivity index (χ0n) is 14.2. The second-order valence-electron chi connectivity index (χ2n) is 5.97. The number of hydrogen-bond donors (Lipinski definition) is 1. The molecular formula is C18H21ClN2O3. The maximum absolute atomic E-state index is 12.5. The highest BCUT2D eigenvalue weighted by molar-refractivity contribution is 6.31. The van der Waals surface area contributed by atoms with Crippen LogP contribution >= 0.6 is 11.6 Å². The van der Waals surface area contributed by atoms with E-state index in [1.54, 1.807) is 6.07 Å². The Morgan fingerprint density at radius 1 is 1.21 bits per heavy atom. The van der Waals surface area contributed by atoms with Crippen LogP contribution in [-0.2, 0) is 0 Å². The van der Waals surface area contributed by atoms with Gasteiger partial charge in [-0.2, -0.15) is 0 Å². The molecule has 5 nitrogen and oxygen atoms in total. The van der Waals surface area contributed by atoms with Gasteiger partial charge in [0.15, 0.2) is 6.61 Å². The minimum Gasteiger partial charge on any atom is -0.485 e. The Labute approximate surface area is 146 Å². The molecule has 1 amide bonds. The van der Waals surface area contributed by atoms with E-state index < -0.39 is 5.91 Å². The van der Waals surface area contributed by atoms with Gasteiger partial charge in [0.05, 0.1) is 5.56 Å². The van der Waals surface area contributed by atoms with Gasteiger partial charge in [0, 0.05) is 28.0 Å². The fourth-order valence-corrected chi connectivity index (χ4v) is 3.07. The van der Waals surface area contributed by atoms with E-state index in [4.69, 9.17) is 22.1 Å². The van der Waals surface area contributed by atoms with Crippen molar-refractivity contribution >= 4 is 23.3 Å². The fourth-order valence-electron chi connectivity index (χ4n) is 2.90. The van der Waals surface area contributed by atoms with Crippen LogP contribution in [0.1, 0.15) is 52.0 Å². The Hall–Kier alpha value is -2.27. The summed E-state index contributed by atoms with van der Waals surface area (Å²) in [4.78, 5) is 24.0. The third kappa shape index (κ3) is 3.62. The normalized spacial score (nSPS) is 10.9. The summed E-state index contributed by atoms with van der Waals surface area (Å²) in [7, 11) is 0. The van der Waals surface area contributed by atoms with Crippen molar-refractivity contribution in [3.63, 3.8) is 0 Å². The molecule has 6 heteroatoms. The molecule has 128 valence electrons. The van der Waals surface area contributed by atoms with Crippen molar-refractivity contribution < 1.29 is 14.3 Å². The van der Waals surface area contributed by atoms with Gasteiger partial charge in [-0.1, -0.05) is 11.6 Å². The number of rotatable bonds is 6. The maximum Gasteiger partial charge on any atom is 0.252 e. The second kappa shape index (κ2) is 7.09. The number of ketones is 1. The number of hydrogen-bond acceptors (Lipinski definition) is 3. The predicted molar refractivity (Wildman–Crippen MR) is 94.1 cm³/mol. The Kier molecular flexibility index (Phi) is 5.34. The minimum absolute atomic E-state index is 0.152. The van der Waals surface area contributed by atoms with Crippen molar-refractivity contribution in [2.75, 3.05) is 6.61 Å². The molecule has 0 unspecified atom stereocenters. The van der Waals surface area contributed by atoms with E-state index >= 15 is 0 Å². The van der Waals surface area contributed by atoms with Crippen LogP contribution in [0.5, 0.6) is 5.75 Å². The number of amides is 1. The topological polar surface area (TPSA) is 74.3 Å². The Morgan fingerprint density at radius 2 is 1.88 bits per heavy atom. The smallest absolute Gasteiger partial charge is 0.252 e. The van der Waals surface area contributed by atoms with E-state index in [2.05, 4.69) is 18.4 Å². The highest BCUT2D eigenvalue weighted by Crippen LogP contribution is 2.24. The van der Waals surface area contributed by atoms with Crippen LogP contribution in [0, 0.1) is 13.8 Å². The lowest BCUT2D eigenvalue weighted by atomic mass is 10.1. The number of ether oxygens (including phenoxy) is 1. The van der Waals surface area contributed by atoms with Gasteiger partial charge in [-0.05, 0) is 52.0 Å². The number of benzene rings is 1. The zero-order chi connectivity index (χ0) is 18.0. The van der Waals surface area contributed by atoms with E-state index in [0.29, 0.717) is 10.6 Å². The van der Waals surface area contributed by atoms with Crippen molar-refractivity contribution in [1.29, 1.82) is 0 Å². The van der Waals surface area contributed by atoms with Crippen molar-refractivity contribution in [3.8, 4) is 5.75 Å². The molecule has 1 aromatic heterocycles. The number of halogens is 1. The highest BCUT2D eigenvalue weighted by Gasteiger charge is 2.18. The molecule has 0 spiro atoms. The van der Waals surface area contributed by atoms with Crippen LogP contribution in [0.25, 0.3) is 0 Å². The predicted octanol–water partition coefficient (Wildman–Crippen LogP) is 3.70. The van der Waals surface area contributed by atoms with Gasteiger partial charge in [-0.3, -0.25) is 9.59 Å². The molecule has 2 N–H and O–H groups in total. The summed E-state index contributed by atoms with van der Waals surface area (Å²) in [6.07, 6.45) is 0. The van der Waals surface area contributed by atoms with Gasteiger partial charge in [-0.25, -0.2) is 0 Å². The number of nitrogens with zero attached hydrogens (tertiary/aromatic N) is 1. The molecule has 2 rings (SSSR count). The first kappa shape index (κ1) is 18.1. The average Bonchev–Trinajstić information content (AvgIpc) is 2.80. The molecule has 0 radical (unpaired) electrons. The molecule has 0 atom stereocenters. The third-order valence-electron chi connectivity index (χ3n) is 3.87. The molecule has 0 saturated heterocycles. The van der Waals surface area contributed by atoms with E-state index in [9.17, 15) is 9.59 Å². The van der Waals surface area contributed by atoms with Gasteiger partial charge < -0.3 is 15.0 Å². The lowest BCUT2D eigenvalue weighted by Crippen LogP contribution is -2.17. The van der Waals surface area contributed by atoms with Crippen molar-refractivity contribution in [2.24, 2.45) is 5.73 Å². The van der Waals surface area contributed by atoms with Crippen LogP contribution in [0.2, 0.25) is 5.02 Å². The average molecular weight is 349 g/mol. The third-order valence-corrected chi connectivity index (χ3v) is 4.10. The summed E-state index contributed by atoms with van der Waals surface area (Å²) < 4.78 is 7.62. The van der Waals surface area contributed by atoms with Gasteiger partial charge in [-0.15, -0.1) is 0 Å². The Balaban J connectivity index is 2.21. The summed E-state index contributed by atoms with van der Waals surface area (Å²) in [6, 6.07) is 6.67. The molecule has 0 saturated carbocycles. The number of carbonyl (C=O) groups excluding carboxylic acids is 2. The molecule has 2 aromatic rings. The zero-order valence-corrected chi connectivity index (χ0v) is 15.0. The number of aromatic nitrogens is 1. The summed E-state index contributed by atoms with van der Waals surface area (Å²) in [5.74, 6) is -0.559. The first-order valence-electron chi connectivity index (χ1n) is 7.66. The van der Waals surface area contributed by atoms with E-state index in [1.807, 2.05) is 19.9 Å². The van der Waals surface area contributed by atoms with Crippen LogP contribution in [0.15, 0.2) is 24.3 Å². The van der Waals surface area contributed by atoms with Gasteiger partial charge in [0.1, 0.15) is 5.75 Å². The van der Waals surface area contributed by atoms with Gasteiger partial charge in [0.25, 0.3) is 5.91 Å². The summed E-state index contributed by atoms with van der Waals surface area (Å²) in [6.45, 7) is 7.84. The lowest BCUT2D eigenvalue weighted by molar-refractivity contribution is 0.0911. The molecule has 0 bridgehead atoms. The van der Waals surface area contributed by atoms with Crippen molar-refractivity contribution in [2.45, 2.75) is 33.7 Å². The lowest BCUT2D eigenvalue weighted by Gasteiger charge is -2.14. The number of nitrogens with two attached hydrogens (primary N) is 1. The molecule has 0 aliphatic heterocycles. The summed E-state index contributed by atoms with van der Waals surface area (Å²) >= 11 is 5.86. The van der Waals surface area contributed by atoms with Crippen LogP contribution < -0.4 is 10.5 Å². The first-order chi connectivity index (χ1) is 11.2. The minimum atomic E-state index is -0.655. The largest absolute Gasteiger partial charge is 0.485 e. The Bertz CT molecular complexity index is 794. The SMILES string of the molecule is Cc1cc(C(=O)COc2ccc(Cl)cc2C(N)=O)c(C)n1C(C)C. The summed E-state index contributed by atoms with van der Waals surface area (Å²) in [5, 5.41) is 0.378. The van der Waals surface area contributed by atoms with Crippen molar-refractivity contribution in [3.05, 3.63) is 51.8 Å². The van der Waals surface area contributed by atoms with Crippen LogP contribution in [-0.4, -0.2) is 22.9 Å². The molecule has 0 aliphatic carbocycles. The van der Waals surface area contributed by atoms with E-state index in [0.717, 1.165) is 11.4 Å². The fraction of sp³-hybridized carbons (Fsp3) is 0.333. The maximum atomic E-state index is 12.5. The molecular weight excluding hydrogens is 328 g/mol. The van der Waals surface area contributed by atoms with E-state index in [-0.39, 0.29) is 29.7 Å². The monoisotopic (exact) mass is 348 g/mol. The standard InChI is InChI=1S/C18H21ClN2O3/c1-10(2)21-11(3)7-14(12(21)4)16(22)9-24-17-6-5-13(19)8-15(17)18(20)23/h5-8,10H,9H2,1-4H3,(H2,20,23). The van der Waals surface area contributed by atoms with Gasteiger partial charge in [0.2, 0.25) is 5.78 Å². The van der Waals surface area contributed by atoms with Gasteiger partial charge >= 0.3 is 0 Å². The number of primary amides is 1. The van der Waals surface area contributed by atoms with Crippen LogP contribution in [0.4, 0.5) is 0 Å². The number of aryl methyl sites for hydroxylation is 1. The quantitative estimate of drug-likeness (QED) is 0.809. The molecule has 1 aromatic carbocycles. The van der Waals surface area contributed by atoms with Crippen LogP contribution in [0.3, 0.4) is 0 Å². The van der Waals surface area contributed by atoms with E-state index in [1.165, 1.54) is 12.1 Å². The number of carbonyl (C=O) groups is 2. The highest BCUT2D eigenvalue weighted by atomic mass is 35.5. The van der Waals surface area contributed by atoms with Crippen molar-refractivity contribution in [1.82, 2.24) is 4.57 Å². The molecule has 24 heavy (non-hydrogen) atoms.